The Hall–Kier alpha value is -1.10. The Labute approximate surface area is 127 Å². The molecule has 2 N–H and O–H groups in total. The van der Waals surface area contributed by atoms with Crippen LogP contribution in [0.15, 0.2) is 0 Å². The maximum Gasteiger partial charge on any atom is 0.225 e. The van der Waals surface area contributed by atoms with Crippen molar-refractivity contribution in [1.29, 1.82) is 0 Å². The zero-order valence-corrected chi connectivity index (χ0v) is 13.0. The van der Waals surface area contributed by atoms with Crippen LogP contribution in [0.1, 0.15) is 51.9 Å². The number of nitrogens with one attached hydrogen (secondary N) is 1. The molecule has 2 aliphatic rings. The molecule has 0 bridgehead atoms. The van der Waals surface area contributed by atoms with Crippen molar-refractivity contribution in [3.8, 4) is 0 Å². The van der Waals surface area contributed by atoms with Gasteiger partial charge in [0, 0.05) is 38.1 Å². The number of nitrogens with zero attached hydrogens (tertiary/aromatic N) is 1. The average molecular weight is 296 g/mol. The molecule has 1 aliphatic carbocycles. The zero-order chi connectivity index (χ0) is 15.2. The molecular weight excluding hydrogens is 268 g/mol. The zero-order valence-electron chi connectivity index (χ0n) is 13.0. The number of carbonyl (C=O) groups is 2. The molecule has 2 fully saturated rings. The molecule has 2 rings (SSSR count). The van der Waals surface area contributed by atoms with Crippen LogP contribution in [0.4, 0.5) is 0 Å². The molecule has 5 nitrogen and oxygen atoms in total. The van der Waals surface area contributed by atoms with Gasteiger partial charge in [0.15, 0.2) is 0 Å². The summed E-state index contributed by atoms with van der Waals surface area (Å²) in [5.41, 5.74) is 0. The summed E-state index contributed by atoms with van der Waals surface area (Å²) >= 11 is 0. The lowest BCUT2D eigenvalue weighted by molar-refractivity contribution is -0.135. The van der Waals surface area contributed by atoms with Crippen molar-refractivity contribution in [3.63, 3.8) is 0 Å². The lowest BCUT2D eigenvalue weighted by Crippen LogP contribution is -2.50. The van der Waals surface area contributed by atoms with Crippen molar-refractivity contribution >= 4 is 11.8 Å². The first-order valence-electron chi connectivity index (χ1n) is 8.34. The largest absolute Gasteiger partial charge is 0.396 e. The van der Waals surface area contributed by atoms with Gasteiger partial charge in [-0.05, 0) is 25.7 Å². The molecule has 21 heavy (non-hydrogen) atoms. The number of aliphatic hydroxyl groups is 1. The van der Waals surface area contributed by atoms with Gasteiger partial charge in [0.1, 0.15) is 0 Å². The highest BCUT2D eigenvalue weighted by atomic mass is 16.3. The second-order valence-corrected chi connectivity index (χ2v) is 6.37. The molecule has 1 aliphatic heterocycles. The van der Waals surface area contributed by atoms with Crippen LogP contribution in [0, 0.1) is 11.8 Å². The first-order valence-corrected chi connectivity index (χ1v) is 8.34. The number of hydrogen-bond acceptors (Lipinski definition) is 3. The summed E-state index contributed by atoms with van der Waals surface area (Å²) in [6, 6.07) is 0.105. The van der Waals surface area contributed by atoms with E-state index in [1.807, 2.05) is 11.8 Å². The fourth-order valence-corrected chi connectivity index (χ4v) is 3.56. The second kappa shape index (κ2) is 7.78. The highest BCUT2D eigenvalue weighted by Gasteiger charge is 2.31. The van der Waals surface area contributed by atoms with E-state index in [1.165, 1.54) is 0 Å². The summed E-state index contributed by atoms with van der Waals surface area (Å²) in [5, 5.41) is 12.6. The van der Waals surface area contributed by atoms with E-state index in [-0.39, 0.29) is 36.3 Å². The molecule has 1 saturated heterocycles. The van der Waals surface area contributed by atoms with Gasteiger partial charge >= 0.3 is 0 Å². The van der Waals surface area contributed by atoms with E-state index in [0.717, 1.165) is 45.1 Å². The maximum absolute atomic E-state index is 12.5. The molecule has 0 aromatic rings. The van der Waals surface area contributed by atoms with Gasteiger partial charge in [-0.15, -0.1) is 0 Å². The molecule has 0 spiro atoms. The summed E-state index contributed by atoms with van der Waals surface area (Å²) in [7, 11) is 0. The van der Waals surface area contributed by atoms with Gasteiger partial charge in [0.2, 0.25) is 11.8 Å². The Morgan fingerprint density at radius 3 is 2.67 bits per heavy atom. The van der Waals surface area contributed by atoms with E-state index in [9.17, 15) is 14.7 Å². The Balaban J connectivity index is 1.88. The third-order valence-electron chi connectivity index (χ3n) is 4.92. The van der Waals surface area contributed by atoms with E-state index in [1.54, 1.807) is 0 Å². The molecule has 3 unspecified atom stereocenters. The van der Waals surface area contributed by atoms with Gasteiger partial charge in [-0.1, -0.05) is 19.8 Å². The first-order chi connectivity index (χ1) is 10.2. The third-order valence-corrected chi connectivity index (χ3v) is 4.92. The monoisotopic (exact) mass is 296 g/mol. The number of likely N-dealkylation sites (tertiary alicyclic amines) is 1. The van der Waals surface area contributed by atoms with Crippen molar-refractivity contribution in [2.24, 2.45) is 11.8 Å². The van der Waals surface area contributed by atoms with Gasteiger partial charge in [0.25, 0.3) is 0 Å². The average Bonchev–Trinajstić information content (AvgIpc) is 2.54. The van der Waals surface area contributed by atoms with Crippen LogP contribution >= 0.6 is 0 Å². The number of amides is 2. The third kappa shape index (κ3) is 4.19. The second-order valence-electron chi connectivity index (χ2n) is 6.37. The minimum atomic E-state index is -0.0875. The summed E-state index contributed by atoms with van der Waals surface area (Å²) in [5.74, 6) is 0.308. The fourth-order valence-electron chi connectivity index (χ4n) is 3.56. The van der Waals surface area contributed by atoms with Crippen molar-refractivity contribution in [2.45, 2.75) is 57.9 Å². The number of rotatable bonds is 4. The minimum absolute atomic E-state index is 0.0638. The van der Waals surface area contributed by atoms with E-state index >= 15 is 0 Å². The van der Waals surface area contributed by atoms with Gasteiger partial charge in [-0.25, -0.2) is 0 Å². The predicted octanol–water partition coefficient (Wildman–Crippen LogP) is 1.30. The molecule has 120 valence electrons. The highest BCUT2D eigenvalue weighted by molar-refractivity contribution is 5.81. The van der Waals surface area contributed by atoms with Crippen molar-refractivity contribution in [3.05, 3.63) is 0 Å². The smallest absolute Gasteiger partial charge is 0.225 e. The van der Waals surface area contributed by atoms with E-state index in [2.05, 4.69) is 5.32 Å². The number of carbonyl (C=O) groups excluding carboxylic acids is 2. The van der Waals surface area contributed by atoms with Crippen LogP contribution in [0.5, 0.6) is 0 Å². The van der Waals surface area contributed by atoms with Crippen LogP contribution in [-0.4, -0.2) is 47.6 Å². The molecule has 1 saturated carbocycles. The molecule has 0 aromatic carbocycles. The van der Waals surface area contributed by atoms with Crippen molar-refractivity contribution in [2.75, 3.05) is 19.7 Å². The lowest BCUT2D eigenvalue weighted by Gasteiger charge is -2.35. The van der Waals surface area contributed by atoms with Crippen LogP contribution < -0.4 is 5.32 Å². The minimum Gasteiger partial charge on any atom is -0.396 e. The Kier molecular flexibility index (Phi) is 6.03. The van der Waals surface area contributed by atoms with E-state index < -0.39 is 0 Å². The molecule has 0 radical (unpaired) electrons. The van der Waals surface area contributed by atoms with Gasteiger partial charge < -0.3 is 15.3 Å². The summed E-state index contributed by atoms with van der Waals surface area (Å²) < 4.78 is 0. The van der Waals surface area contributed by atoms with Gasteiger partial charge in [-0.2, -0.15) is 0 Å². The molecule has 5 heteroatoms. The SMILES string of the molecule is CCC(=O)N1CCCC(C(=O)NC2CCCCC2CO)C1. The van der Waals surface area contributed by atoms with Crippen molar-refractivity contribution < 1.29 is 14.7 Å². The molecule has 3 atom stereocenters. The van der Waals surface area contributed by atoms with Crippen molar-refractivity contribution in [1.82, 2.24) is 10.2 Å². The quantitative estimate of drug-likeness (QED) is 0.821. The fraction of sp³-hybridized carbons (Fsp3) is 0.875. The summed E-state index contributed by atoms with van der Waals surface area (Å²) in [6.45, 7) is 3.34. The number of piperidine rings is 1. The van der Waals surface area contributed by atoms with Crippen LogP contribution in [-0.2, 0) is 9.59 Å². The number of aliphatic hydroxyl groups excluding tert-OH is 1. The molecular formula is C16H28N2O3. The van der Waals surface area contributed by atoms with E-state index in [4.69, 9.17) is 0 Å². The van der Waals surface area contributed by atoms with Crippen LogP contribution in [0.3, 0.4) is 0 Å². The van der Waals surface area contributed by atoms with Crippen LogP contribution in [0.2, 0.25) is 0 Å². The summed E-state index contributed by atoms with van der Waals surface area (Å²) in [6.07, 6.45) is 6.47. The lowest BCUT2D eigenvalue weighted by atomic mass is 9.84. The topological polar surface area (TPSA) is 69.6 Å². The standard InChI is InChI=1S/C16H28N2O3/c1-2-15(20)18-9-5-7-12(10-18)16(21)17-14-8-4-3-6-13(14)11-19/h12-14,19H,2-11H2,1H3,(H,17,21). The Morgan fingerprint density at radius 1 is 1.19 bits per heavy atom. The Bertz CT molecular complexity index is 373. The number of hydrogen-bond donors (Lipinski definition) is 2. The Morgan fingerprint density at radius 2 is 1.95 bits per heavy atom. The normalized spacial score (nSPS) is 30.0. The predicted molar refractivity (Wildman–Crippen MR) is 80.6 cm³/mol. The van der Waals surface area contributed by atoms with E-state index in [0.29, 0.717) is 13.0 Å². The molecule has 2 amide bonds. The summed E-state index contributed by atoms with van der Waals surface area (Å²) in [4.78, 5) is 26.1. The van der Waals surface area contributed by atoms with Crippen LogP contribution in [0.25, 0.3) is 0 Å². The molecule has 1 heterocycles. The first kappa shape index (κ1) is 16.3. The van der Waals surface area contributed by atoms with Gasteiger partial charge in [-0.3, -0.25) is 9.59 Å². The van der Waals surface area contributed by atoms with Gasteiger partial charge in [0.05, 0.1) is 5.92 Å². The maximum atomic E-state index is 12.5. The highest BCUT2D eigenvalue weighted by Crippen LogP contribution is 2.25. The molecule has 0 aromatic heterocycles.